The third-order valence-electron chi connectivity index (χ3n) is 4.28. The van der Waals surface area contributed by atoms with Gasteiger partial charge in [0.25, 0.3) is 5.91 Å². The van der Waals surface area contributed by atoms with Crippen LogP contribution in [0.4, 0.5) is 5.82 Å². The largest absolute Gasteiger partial charge is 0.360 e. The number of carbonyl (C=O) groups is 1. The Bertz CT molecular complexity index is 1030. The molecule has 0 saturated heterocycles. The quantitative estimate of drug-likeness (QED) is 0.590. The highest BCUT2D eigenvalue weighted by molar-refractivity contribution is 6.12. The number of aromatic amines is 1. The monoisotopic (exact) mass is 330 g/mol. The molecule has 0 saturated carbocycles. The molecule has 5 nitrogen and oxygen atoms in total. The molecule has 4 aromatic rings. The van der Waals surface area contributed by atoms with Gasteiger partial charge in [-0.1, -0.05) is 43.3 Å². The molecule has 2 aromatic carbocycles. The lowest BCUT2D eigenvalue weighted by molar-refractivity contribution is 0.102. The van der Waals surface area contributed by atoms with E-state index in [1.165, 1.54) is 5.56 Å². The van der Waals surface area contributed by atoms with E-state index in [9.17, 15) is 4.79 Å². The Balaban J connectivity index is 1.60. The highest BCUT2D eigenvalue weighted by atomic mass is 16.1. The number of aryl methyl sites for hydroxylation is 1. The fourth-order valence-electron chi connectivity index (χ4n) is 3.00. The maximum Gasteiger partial charge on any atom is 0.259 e. The number of hydrogen-bond acceptors (Lipinski definition) is 2. The van der Waals surface area contributed by atoms with Crippen molar-refractivity contribution >= 4 is 22.6 Å². The van der Waals surface area contributed by atoms with E-state index < -0.39 is 0 Å². The van der Waals surface area contributed by atoms with Crippen LogP contribution in [0.2, 0.25) is 0 Å². The molecular formula is C20H18N4O. The zero-order chi connectivity index (χ0) is 17.2. The number of fused-ring (bicyclic) bond motifs is 1. The highest BCUT2D eigenvalue weighted by Gasteiger charge is 2.14. The third-order valence-corrected chi connectivity index (χ3v) is 4.28. The molecule has 0 bridgehead atoms. The number of rotatable bonds is 4. The van der Waals surface area contributed by atoms with Gasteiger partial charge in [-0.3, -0.25) is 4.79 Å². The summed E-state index contributed by atoms with van der Waals surface area (Å²) in [5.41, 5.74) is 3.79. The lowest BCUT2D eigenvalue weighted by Crippen LogP contribution is -2.12. The van der Waals surface area contributed by atoms with Crippen LogP contribution in [0, 0.1) is 0 Å². The van der Waals surface area contributed by atoms with E-state index >= 15 is 0 Å². The van der Waals surface area contributed by atoms with Gasteiger partial charge in [0, 0.05) is 29.4 Å². The van der Waals surface area contributed by atoms with Gasteiger partial charge in [0.05, 0.1) is 11.3 Å². The second kappa shape index (κ2) is 6.28. The summed E-state index contributed by atoms with van der Waals surface area (Å²) in [6.07, 6.45) is 4.50. The van der Waals surface area contributed by atoms with Crippen LogP contribution in [0.3, 0.4) is 0 Å². The molecular weight excluding hydrogens is 312 g/mol. The van der Waals surface area contributed by atoms with Crippen LogP contribution >= 0.6 is 0 Å². The number of nitrogens with zero attached hydrogens (tertiary/aromatic N) is 2. The first-order valence-electron chi connectivity index (χ1n) is 8.27. The van der Waals surface area contributed by atoms with Crippen molar-refractivity contribution in [3.05, 3.63) is 78.1 Å². The molecule has 0 aliphatic carbocycles. The summed E-state index contributed by atoms with van der Waals surface area (Å²) >= 11 is 0. The van der Waals surface area contributed by atoms with E-state index in [-0.39, 0.29) is 5.91 Å². The number of carbonyl (C=O) groups excluding carboxylic acids is 1. The first-order chi connectivity index (χ1) is 12.3. The number of aromatic nitrogens is 3. The molecule has 0 radical (unpaired) electrons. The maximum atomic E-state index is 12.7. The topological polar surface area (TPSA) is 62.7 Å². The Morgan fingerprint density at radius 3 is 2.76 bits per heavy atom. The number of hydrogen-bond donors (Lipinski definition) is 2. The van der Waals surface area contributed by atoms with Crippen LogP contribution in [-0.2, 0) is 6.42 Å². The van der Waals surface area contributed by atoms with Crippen molar-refractivity contribution in [2.45, 2.75) is 13.3 Å². The highest BCUT2D eigenvalue weighted by Crippen LogP contribution is 2.23. The summed E-state index contributed by atoms with van der Waals surface area (Å²) in [5, 5.41) is 8.22. The molecule has 0 aliphatic rings. The average Bonchev–Trinajstić information content (AvgIpc) is 3.29. The molecule has 5 heteroatoms. The van der Waals surface area contributed by atoms with Gasteiger partial charge in [-0.25, -0.2) is 4.68 Å². The lowest BCUT2D eigenvalue weighted by Gasteiger charge is -2.03. The van der Waals surface area contributed by atoms with Crippen LogP contribution in [0.1, 0.15) is 22.8 Å². The number of para-hydroxylation sites is 2. The fourth-order valence-corrected chi connectivity index (χ4v) is 3.00. The number of nitrogens with one attached hydrogen (secondary N) is 2. The Hall–Kier alpha value is -3.34. The third kappa shape index (κ3) is 2.80. The van der Waals surface area contributed by atoms with Crippen molar-refractivity contribution in [3.63, 3.8) is 0 Å². The van der Waals surface area contributed by atoms with Crippen LogP contribution < -0.4 is 5.32 Å². The average molecular weight is 330 g/mol. The maximum absolute atomic E-state index is 12.7. The molecule has 124 valence electrons. The molecule has 2 N–H and O–H groups in total. The number of benzene rings is 2. The second-order valence-electron chi connectivity index (χ2n) is 5.83. The first kappa shape index (κ1) is 15.2. The van der Waals surface area contributed by atoms with E-state index in [4.69, 9.17) is 0 Å². The molecule has 0 aliphatic heterocycles. The lowest BCUT2D eigenvalue weighted by atomic mass is 10.1. The molecule has 1 amide bonds. The Kier molecular flexibility index (Phi) is 3.82. The Morgan fingerprint density at radius 1 is 1.12 bits per heavy atom. The Labute approximate surface area is 145 Å². The van der Waals surface area contributed by atoms with Gasteiger partial charge in [-0.15, -0.1) is 0 Å². The molecule has 2 heterocycles. The van der Waals surface area contributed by atoms with Gasteiger partial charge in [0.1, 0.15) is 0 Å². The molecule has 4 rings (SSSR count). The zero-order valence-electron chi connectivity index (χ0n) is 13.9. The fraction of sp³-hybridized carbons (Fsp3) is 0.100. The van der Waals surface area contributed by atoms with Gasteiger partial charge in [-0.05, 0) is 24.1 Å². The summed E-state index contributed by atoms with van der Waals surface area (Å²) in [5.74, 6) is 0.354. The SMILES string of the molecule is CCc1cccc2c(C(=O)Nc3ccn(-c4ccccc4)n3)c[nH]c12. The summed E-state index contributed by atoms with van der Waals surface area (Å²) in [6, 6.07) is 17.6. The second-order valence-corrected chi connectivity index (χ2v) is 5.83. The van der Waals surface area contributed by atoms with Crippen LogP contribution in [-0.4, -0.2) is 20.7 Å². The van der Waals surface area contributed by atoms with Crippen LogP contribution in [0.5, 0.6) is 0 Å². The minimum atomic E-state index is -0.169. The predicted octanol–water partition coefficient (Wildman–Crippen LogP) is 4.17. The minimum Gasteiger partial charge on any atom is -0.360 e. The van der Waals surface area contributed by atoms with Gasteiger partial charge in [0.15, 0.2) is 5.82 Å². The van der Waals surface area contributed by atoms with E-state index in [1.54, 1.807) is 16.9 Å². The standard InChI is InChI=1S/C20H18N4O/c1-2-14-7-6-10-16-17(13-21-19(14)16)20(25)22-18-11-12-24(23-18)15-8-4-3-5-9-15/h3-13,21H,2H2,1H3,(H,22,23,25). The summed E-state index contributed by atoms with van der Waals surface area (Å²) in [4.78, 5) is 15.9. The zero-order valence-corrected chi connectivity index (χ0v) is 13.9. The number of H-pyrrole nitrogens is 1. The van der Waals surface area contributed by atoms with Gasteiger partial charge < -0.3 is 10.3 Å². The van der Waals surface area contributed by atoms with E-state index in [0.717, 1.165) is 23.0 Å². The Morgan fingerprint density at radius 2 is 1.96 bits per heavy atom. The molecule has 2 aromatic heterocycles. The van der Waals surface area contributed by atoms with Crippen molar-refractivity contribution in [1.29, 1.82) is 0 Å². The van der Waals surface area contributed by atoms with Crippen LogP contribution in [0.25, 0.3) is 16.6 Å². The van der Waals surface area contributed by atoms with E-state index in [0.29, 0.717) is 11.4 Å². The molecule has 0 spiro atoms. The first-order valence-corrected chi connectivity index (χ1v) is 8.27. The summed E-state index contributed by atoms with van der Waals surface area (Å²) < 4.78 is 1.74. The molecule has 0 atom stereocenters. The van der Waals surface area contributed by atoms with Crippen molar-refractivity contribution in [3.8, 4) is 5.69 Å². The normalized spacial score (nSPS) is 10.9. The number of amides is 1. The van der Waals surface area contributed by atoms with Gasteiger partial charge in [-0.2, -0.15) is 5.10 Å². The van der Waals surface area contributed by atoms with Crippen molar-refractivity contribution in [2.24, 2.45) is 0 Å². The molecule has 0 fully saturated rings. The number of anilines is 1. The van der Waals surface area contributed by atoms with Crippen molar-refractivity contribution in [1.82, 2.24) is 14.8 Å². The van der Waals surface area contributed by atoms with Gasteiger partial charge in [0.2, 0.25) is 0 Å². The minimum absolute atomic E-state index is 0.169. The van der Waals surface area contributed by atoms with Crippen molar-refractivity contribution < 1.29 is 4.79 Å². The van der Waals surface area contributed by atoms with E-state index in [2.05, 4.69) is 28.4 Å². The smallest absolute Gasteiger partial charge is 0.259 e. The predicted molar refractivity (Wildman–Crippen MR) is 99.2 cm³/mol. The molecule has 0 unspecified atom stereocenters. The molecule has 25 heavy (non-hydrogen) atoms. The summed E-state index contributed by atoms with van der Waals surface area (Å²) in [7, 11) is 0. The summed E-state index contributed by atoms with van der Waals surface area (Å²) in [6.45, 7) is 2.10. The van der Waals surface area contributed by atoms with Crippen LogP contribution in [0.15, 0.2) is 67.0 Å². The van der Waals surface area contributed by atoms with Gasteiger partial charge >= 0.3 is 0 Å². The van der Waals surface area contributed by atoms with E-state index in [1.807, 2.05) is 48.7 Å². The van der Waals surface area contributed by atoms with Crippen molar-refractivity contribution in [2.75, 3.05) is 5.32 Å².